The Balaban J connectivity index is 1.74. The highest BCUT2D eigenvalue weighted by Crippen LogP contribution is 2.45. The van der Waals surface area contributed by atoms with E-state index in [1.807, 2.05) is 6.82 Å². The van der Waals surface area contributed by atoms with Crippen molar-refractivity contribution in [1.82, 2.24) is 14.8 Å². The zero-order valence-corrected chi connectivity index (χ0v) is 19.0. The Morgan fingerprint density at radius 2 is 1.97 bits per heavy atom. The van der Waals surface area contributed by atoms with E-state index in [1.165, 1.54) is 6.33 Å². The molecule has 2 heterocycles. The maximum atomic E-state index is 9.85. The molecule has 1 aromatic carbocycles. The topological polar surface area (TPSA) is 100 Å². The van der Waals surface area contributed by atoms with E-state index < -0.39 is 5.41 Å². The molecule has 8 nitrogen and oxygen atoms in total. The van der Waals surface area contributed by atoms with Gasteiger partial charge in [-0.3, -0.25) is 0 Å². The fraction of sp³-hybridized carbons (Fsp3) is 0.500. The SMILES string of the molecule is CO/N=C1\c2cc(N(C)C3CCN(B(C)O)CC3)ccc2-c2ncnc(N)c2C1(C)C. The highest BCUT2D eigenvalue weighted by Gasteiger charge is 2.41. The van der Waals surface area contributed by atoms with Gasteiger partial charge >= 0.3 is 7.05 Å². The van der Waals surface area contributed by atoms with E-state index in [0.717, 1.165) is 59.7 Å². The van der Waals surface area contributed by atoms with Crippen molar-refractivity contribution in [3.8, 4) is 11.3 Å². The Kier molecular flexibility index (Phi) is 5.66. The second-order valence-electron chi connectivity index (χ2n) is 8.97. The van der Waals surface area contributed by atoms with Crippen LogP contribution in [0.5, 0.6) is 0 Å². The molecular formula is C22H31BN6O2. The molecule has 0 unspecified atom stereocenters. The van der Waals surface area contributed by atoms with Crippen LogP contribution in [0, 0.1) is 0 Å². The van der Waals surface area contributed by atoms with Gasteiger partial charge in [0.05, 0.1) is 11.4 Å². The highest BCUT2D eigenvalue weighted by molar-refractivity contribution is 6.45. The Bertz CT molecular complexity index is 1000. The summed E-state index contributed by atoms with van der Waals surface area (Å²) in [7, 11) is 3.31. The number of rotatable bonds is 4. The van der Waals surface area contributed by atoms with Gasteiger partial charge in [0, 0.05) is 40.9 Å². The molecule has 164 valence electrons. The number of nitrogens with two attached hydrogens (primary N) is 1. The monoisotopic (exact) mass is 422 g/mol. The van der Waals surface area contributed by atoms with E-state index in [1.54, 1.807) is 7.11 Å². The molecule has 4 rings (SSSR count). The number of hydrogen-bond acceptors (Lipinski definition) is 8. The number of nitrogen functional groups attached to an aromatic ring is 1. The Labute approximate surface area is 184 Å². The summed E-state index contributed by atoms with van der Waals surface area (Å²) in [5.41, 5.74) is 11.4. The number of oxime groups is 1. The predicted molar refractivity (Wildman–Crippen MR) is 125 cm³/mol. The molecule has 9 heteroatoms. The second-order valence-corrected chi connectivity index (χ2v) is 8.97. The molecule has 0 spiro atoms. The summed E-state index contributed by atoms with van der Waals surface area (Å²) in [6, 6.07) is 6.82. The maximum Gasteiger partial charge on any atom is 0.376 e. The van der Waals surface area contributed by atoms with Crippen LogP contribution in [0.25, 0.3) is 11.3 Å². The van der Waals surface area contributed by atoms with Gasteiger partial charge in [-0.15, -0.1) is 0 Å². The first-order chi connectivity index (χ1) is 14.8. The molecule has 31 heavy (non-hydrogen) atoms. The first kappa shape index (κ1) is 21.6. The molecule has 1 aliphatic carbocycles. The molecule has 0 radical (unpaired) electrons. The summed E-state index contributed by atoms with van der Waals surface area (Å²) >= 11 is 0. The van der Waals surface area contributed by atoms with Crippen molar-refractivity contribution in [3.63, 3.8) is 0 Å². The molecule has 2 aromatic rings. The van der Waals surface area contributed by atoms with Gasteiger partial charge in [-0.1, -0.05) is 11.2 Å². The van der Waals surface area contributed by atoms with Gasteiger partial charge in [-0.2, -0.15) is 0 Å². The Morgan fingerprint density at radius 1 is 1.26 bits per heavy atom. The standard InChI is InChI=1S/C22H31BN6O2/c1-22(2)18-19(25-13-26-21(18)24)16-7-6-15(12-17(16)20(22)27-31-5)28(4)14-8-10-29(11-9-14)23(3)30/h6-7,12-14,30H,8-11H2,1-5H3,(H2,24,25,26)/b27-20+. The molecule has 0 amide bonds. The number of aromatic nitrogens is 2. The third-order valence-corrected chi connectivity index (χ3v) is 6.77. The molecule has 3 N–H and O–H groups in total. The van der Waals surface area contributed by atoms with Crippen LogP contribution in [0.3, 0.4) is 0 Å². The van der Waals surface area contributed by atoms with E-state index in [-0.39, 0.29) is 7.05 Å². The zero-order valence-electron chi connectivity index (χ0n) is 19.0. The minimum Gasteiger partial charge on any atom is -0.437 e. The summed E-state index contributed by atoms with van der Waals surface area (Å²) < 4.78 is 0. The Morgan fingerprint density at radius 3 is 2.61 bits per heavy atom. The number of benzene rings is 1. The quantitative estimate of drug-likeness (QED) is 0.577. The van der Waals surface area contributed by atoms with Crippen LogP contribution in [0.15, 0.2) is 29.7 Å². The molecular weight excluding hydrogens is 391 g/mol. The lowest BCUT2D eigenvalue weighted by Gasteiger charge is -2.39. The van der Waals surface area contributed by atoms with E-state index in [0.29, 0.717) is 11.9 Å². The van der Waals surface area contributed by atoms with E-state index in [9.17, 15) is 5.02 Å². The molecule has 1 saturated heterocycles. The van der Waals surface area contributed by atoms with Gasteiger partial charge in [-0.05, 0) is 58.7 Å². The third-order valence-electron chi connectivity index (χ3n) is 6.77. The number of piperidine rings is 1. The molecule has 1 fully saturated rings. The van der Waals surface area contributed by atoms with Crippen molar-refractivity contribution < 1.29 is 9.86 Å². The van der Waals surface area contributed by atoms with Crippen molar-refractivity contribution >= 4 is 24.3 Å². The number of fused-ring (bicyclic) bond motifs is 3. The highest BCUT2D eigenvalue weighted by atomic mass is 16.6. The van der Waals surface area contributed by atoms with Gasteiger partial charge in [-0.25, -0.2) is 9.97 Å². The summed E-state index contributed by atoms with van der Waals surface area (Å²) in [5, 5.41) is 14.3. The van der Waals surface area contributed by atoms with Gasteiger partial charge in [0.1, 0.15) is 19.3 Å². The zero-order chi connectivity index (χ0) is 22.3. The smallest absolute Gasteiger partial charge is 0.376 e. The molecule has 0 saturated carbocycles. The molecule has 0 atom stereocenters. The summed E-state index contributed by atoms with van der Waals surface area (Å²) in [6.45, 7) is 7.78. The van der Waals surface area contributed by atoms with Crippen LogP contribution in [0.2, 0.25) is 6.82 Å². The van der Waals surface area contributed by atoms with Crippen LogP contribution < -0.4 is 10.6 Å². The van der Waals surface area contributed by atoms with Crippen molar-refractivity contribution in [2.24, 2.45) is 5.16 Å². The van der Waals surface area contributed by atoms with Gasteiger partial charge < -0.3 is 25.3 Å². The fourth-order valence-electron chi connectivity index (χ4n) is 4.94. The van der Waals surface area contributed by atoms with Crippen LogP contribution in [0.1, 0.15) is 37.8 Å². The van der Waals surface area contributed by atoms with Crippen LogP contribution in [-0.4, -0.2) is 65.9 Å². The van der Waals surface area contributed by atoms with E-state index >= 15 is 0 Å². The number of hydrogen-bond donors (Lipinski definition) is 2. The van der Waals surface area contributed by atoms with Crippen molar-refractivity contribution in [2.75, 3.05) is 37.9 Å². The molecule has 1 aromatic heterocycles. The minimum atomic E-state index is -0.497. The first-order valence-corrected chi connectivity index (χ1v) is 10.8. The lowest BCUT2D eigenvalue weighted by Crippen LogP contribution is -2.48. The largest absolute Gasteiger partial charge is 0.437 e. The van der Waals surface area contributed by atoms with Crippen LogP contribution in [-0.2, 0) is 10.3 Å². The number of nitrogens with zero attached hydrogens (tertiary/aromatic N) is 5. The van der Waals surface area contributed by atoms with Crippen molar-refractivity contribution in [3.05, 3.63) is 35.7 Å². The predicted octanol–water partition coefficient (Wildman–Crippen LogP) is 2.38. The molecule has 0 bridgehead atoms. The number of anilines is 2. The maximum absolute atomic E-state index is 9.85. The summed E-state index contributed by atoms with van der Waals surface area (Å²) in [6.07, 6.45) is 3.54. The summed E-state index contributed by atoms with van der Waals surface area (Å²) in [5.74, 6) is 0.468. The molecule has 1 aliphatic heterocycles. The lowest BCUT2D eigenvalue weighted by atomic mass is 9.70. The van der Waals surface area contributed by atoms with Crippen molar-refractivity contribution in [1.29, 1.82) is 0 Å². The Hall–Kier alpha value is -2.65. The van der Waals surface area contributed by atoms with Crippen LogP contribution >= 0.6 is 0 Å². The average Bonchev–Trinajstić information content (AvgIpc) is 2.75. The minimum absolute atomic E-state index is 0.389. The van der Waals surface area contributed by atoms with Crippen LogP contribution in [0.4, 0.5) is 11.5 Å². The van der Waals surface area contributed by atoms with Gasteiger partial charge in [0.15, 0.2) is 0 Å². The van der Waals surface area contributed by atoms with Crippen molar-refractivity contribution in [2.45, 2.75) is 45.0 Å². The normalized spacial score (nSPS) is 19.6. The van der Waals surface area contributed by atoms with Gasteiger partial charge in [0.25, 0.3) is 0 Å². The first-order valence-electron chi connectivity index (χ1n) is 10.8. The van der Waals surface area contributed by atoms with E-state index in [2.05, 4.69) is 63.9 Å². The van der Waals surface area contributed by atoms with E-state index in [4.69, 9.17) is 10.6 Å². The lowest BCUT2D eigenvalue weighted by molar-refractivity contribution is 0.211. The van der Waals surface area contributed by atoms with Gasteiger partial charge in [0.2, 0.25) is 0 Å². The second kappa shape index (κ2) is 8.13. The third kappa shape index (κ3) is 3.66. The average molecular weight is 422 g/mol. The molecule has 2 aliphatic rings. The fourth-order valence-corrected chi connectivity index (χ4v) is 4.94. The summed E-state index contributed by atoms with van der Waals surface area (Å²) in [4.78, 5) is 18.5.